The quantitative estimate of drug-likeness (QED) is 0.498. The summed E-state index contributed by atoms with van der Waals surface area (Å²) in [7, 11) is 3.15. The zero-order valence-electron chi connectivity index (χ0n) is 20.7. The molecule has 2 aromatic carbocycles. The van der Waals surface area contributed by atoms with E-state index in [1.807, 2.05) is 52.8 Å². The fraction of sp³-hybridized carbons (Fsp3) is 0.296. The predicted molar refractivity (Wildman–Crippen MR) is 139 cm³/mol. The maximum atomic E-state index is 13.1. The van der Waals surface area contributed by atoms with Crippen LogP contribution in [0.25, 0.3) is 0 Å². The van der Waals surface area contributed by atoms with Gasteiger partial charge in [0.15, 0.2) is 5.17 Å². The number of hydrogen-bond donors (Lipinski definition) is 1. The highest BCUT2D eigenvalue weighted by molar-refractivity contribution is 8.16. The molecule has 188 valence electrons. The first-order valence-electron chi connectivity index (χ1n) is 11.6. The van der Waals surface area contributed by atoms with Crippen molar-refractivity contribution in [2.24, 2.45) is 4.99 Å². The molecule has 0 aliphatic carbocycles. The van der Waals surface area contributed by atoms with Gasteiger partial charge in [0.1, 0.15) is 11.5 Å². The lowest BCUT2D eigenvalue weighted by atomic mass is 9.93. The minimum atomic E-state index is -0.566. The van der Waals surface area contributed by atoms with Crippen LogP contribution in [0.15, 0.2) is 75.9 Å². The second kappa shape index (κ2) is 11.3. The second-order valence-electron chi connectivity index (χ2n) is 8.20. The molecule has 0 aromatic heterocycles. The van der Waals surface area contributed by atoms with Gasteiger partial charge in [0.2, 0.25) is 5.91 Å². The molecule has 2 aromatic rings. The van der Waals surface area contributed by atoms with E-state index in [4.69, 9.17) is 14.2 Å². The number of hydrogen-bond acceptors (Lipinski definition) is 8. The molecule has 1 N–H and O–H groups in total. The van der Waals surface area contributed by atoms with Gasteiger partial charge in [-0.05, 0) is 42.5 Å². The minimum Gasteiger partial charge on any atom is -0.497 e. The molecule has 0 spiro atoms. The number of amidine groups is 1. The van der Waals surface area contributed by atoms with Gasteiger partial charge in [0.25, 0.3) is 0 Å². The number of amides is 1. The van der Waals surface area contributed by atoms with Crippen LogP contribution in [0, 0.1) is 0 Å². The van der Waals surface area contributed by atoms with Crippen LogP contribution in [0.5, 0.6) is 11.5 Å². The summed E-state index contributed by atoms with van der Waals surface area (Å²) in [5.74, 6) is 0.603. The largest absolute Gasteiger partial charge is 0.497 e. The third-order valence-electron chi connectivity index (χ3n) is 5.86. The lowest BCUT2D eigenvalue weighted by Crippen LogP contribution is -2.38. The van der Waals surface area contributed by atoms with Crippen molar-refractivity contribution in [3.05, 3.63) is 82.0 Å². The summed E-state index contributed by atoms with van der Waals surface area (Å²) in [6.45, 7) is 4.24. The molecule has 1 amide bonds. The van der Waals surface area contributed by atoms with E-state index in [0.717, 1.165) is 16.8 Å². The molecule has 0 bridgehead atoms. The second-order valence-corrected chi connectivity index (χ2v) is 9.04. The topological polar surface area (TPSA) is 89.5 Å². The Bertz CT molecular complexity index is 1220. The molecule has 0 unspecified atom stereocenters. The molecule has 2 aliphatic heterocycles. The highest BCUT2D eigenvalue weighted by Gasteiger charge is 2.41. The summed E-state index contributed by atoms with van der Waals surface area (Å²) in [4.78, 5) is 32.6. The number of fused-ring (bicyclic) bond motifs is 1. The van der Waals surface area contributed by atoms with E-state index in [9.17, 15) is 9.59 Å². The van der Waals surface area contributed by atoms with Crippen molar-refractivity contribution in [1.29, 1.82) is 0 Å². The van der Waals surface area contributed by atoms with Gasteiger partial charge in [0.05, 0.1) is 44.6 Å². The van der Waals surface area contributed by atoms with E-state index in [1.54, 1.807) is 34.1 Å². The molecule has 0 saturated heterocycles. The summed E-state index contributed by atoms with van der Waals surface area (Å²) in [5, 5.41) is 5.58. The van der Waals surface area contributed by atoms with E-state index in [0.29, 0.717) is 34.5 Å². The van der Waals surface area contributed by atoms with Gasteiger partial charge < -0.3 is 24.4 Å². The van der Waals surface area contributed by atoms with Crippen LogP contribution in [-0.4, -0.2) is 42.8 Å². The number of ether oxygens (including phenoxy) is 3. The number of rotatable bonds is 9. The van der Waals surface area contributed by atoms with Crippen molar-refractivity contribution < 1.29 is 23.8 Å². The lowest BCUT2D eigenvalue weighted by molar-refractivity contribution is -0.139. The molecule has 36 heavy (non-hydrogen) atoms. The molecule has 8 nitrogen and oxygen atoms in total. The SMILES string of the molecule is CCOC(=O)C1=C(C)N=C2SC=C(CC(=O)NCc3ccccc3)N2[C@@H]1c1cc(OC)cc(OC)c1. The summed E-state index contributed by atoms with van der Waals surface area (Å²) in [6, 6.07) is 14.7. The highest BCUT2D eigenvalue weighted by atomic mass is 32.2. The van der Waals surface area contributed by atoms with Crippen molar-refractivity contribution in [2.45, 2.75) is 32.9 Å². The lowest BCUT2D eigenvalue weighted by Gasteiger charge is -2.36. The Balaban J connectivity index is 1.67. The Morgan fingerprint density at radius 1 is 1.08 bits per heavy atom. The van der Waals surface area contributed by atoms with Gasteiger partial charge in [-0.2, -0.15) is 0 Å². The Kier molecular flexibility index (Phi) is 8.00. The monoisotopic (exact) mass is 507 g/mol. The van der Waals surface area contributed by atoms with Crippen LogP contribution in [0.4, 0.5) is 0 Å². The zero-order valence-corrected chi connectivity index (χ0v) is 21.6. The summed E-state index contributed by atoms with van der Waals surface area (Å²) >= 11 is 1.43. The predicted octanol–water partition coefficient (Wildman–Crippen LogP) is 4.55. The van der Waals surface area contributed by atoms with Crippen molar-refractivity contribution in [3.8, 4) is 11.5 Å². The van der Waals surface area contributed by atoms with Crippen LogP contribution in [-0.2, 0) is 20.9 Å². The standard InChI is InChI=1S/C27H29N3O5S/c1-5-35-26(32)24-17(2)29-27-30(25(24)19-11-21(33-3)14-22(12-19)34-4)20(16-36-27)13-23(31)28-15-18-9-7-6-8-10-18/h6-12,14,16,25H,5,13,15H2,1-4H3,(H,28,31)/t25-/m1/s1. The molecule has 2 aliphatic rings. The van der Waals surface area contributed by atoms with E-state index in [-0.39, 0.29) is 18.9 Å². The molecule has 0 fully saturated rings. The summed E-state index contributed by atoms with van der Waals surface area (Å²) in [6.07, 6.45) is 0.131. The maximum absolute atomic E-state index is 13.1. The Hall–Kier alpha value is -3.72. The molecule has 0 radical (unpaired) electrons. The number of thioether (sulfide) groups is 1. The average molecular weight is 508 g/mol. The Morgan fingerprint density at radius 3 is 2.42 bits per heavy atom. The number of allylic oxidation sites excluding steroid dienone is 1. The van der Waals surface area contributed by atoms with E-state index < -0.39 is 12.0 Å². The number of carbonyl (C=O) groups is 2. The van der Waals surface area contributed by atoms with Crippen molar-refractivity contribution >= 4 is 28.8 Å². The number of methoxy groups -OCH3 is 2. The normalized spacial score (nSPS) is 16.7. The van der Waals surface area contributed by atoms with E-state index in [1.165, 1.54) is 11.8 Å². The maximum Gasteiger partial charge on any atom is 0.338 e. The molecular weight excluding hydrogens is 478 g/mol. The van der Waals surface area contributed by atoms with Gasteiger partial charge >= 0.3 is 5.97 Å². The minimum absolute atomic E-state index is 0.127. The first-order valence-corrected chi connectivity index (χ1v) is 12.5. The van der Waals surface area contributed by atoms with E-state index in [2.05, 4.69) is 10.3 Å². The molecular formula is C27H29N3O5S. The fourth-order valence-electron chi connectivity index (χ4n) is 4.17. The number of esters is 1. The Labute approximate surface area is 215 Å². The molecule has 1 atom stereocenters. The van der Waals surface area contributed by atoms with Crippen LogP contribution >= 0.6 is 11.8 Å². The van der Waals surface area contributed by atoms with Crippen molar-refractivity contribution in [3.63, 3.8) is 0 Å². The molecule has 0 saturated carbocycles. The zero-order chi connectivity index (χ0) is 25.7. The third kappa shape index (κ3) is 5.41. The number of nitrogens with one attached hydrogen (secondary N) is 1. The summed E-state index contributed by atoms with van der Waals surface area (Å²) < 4.78 is 16.4. The van der Waals surface area contributed by atoms with Crippen LogP contribution in [0.1, 0.15) is 37.4 Å². The van der Waals surface area contributed by atoms with Crippen molar-refractivity contribution in [2.75, 3.05) is 20.8 Å². The van der Waals surface area contributed by atoms with Gasteiger partial charge in [-0.25, -0.2) is 9.79 Å². The first kappa shape index (κ1) is 25.4. The fourth-order valence-corrected chi connectivity index (χ4v) is 5.13. The van der Waals surface area contributed by atoms with Crippen molar-refractivity contribution in [1.82, 2.24) is 10.2 Å². The van der Waals surface area contributed by atoms with Gasteiger partial charge in [-0.1, -0.05) is 42.1 Å². The number of nitrogens with zero attached hydrogens (tertiary/aromatic N) is 2. The molecule has 9 heteroatoms. The summed E-state index contributed by atoms with van der Waals surface area (Å²) in [5.41, 5.74) is 3.51. The van der Waals surface area contributed by atoms with Gasteiger partial charge in [0, 0.05) is 18.3 Å². The van der Waals surface area contributed by atoms with Gasteiger partial charge in [-0.3, -0.25) is 4.79 Å². The number of carbonyl (C=O) groups excluding carboxylic acids is 2. The smallest absolute Gasteiger partial charge is 0.338 e. The molecule has 2 heterocycles. The van der Waals surface area contributed by atoms with E-state index >= 15 is 0 Å². The third-order valence-corrected chi connectivity index (χ3v) is 6.75. The Morgan fingerprint density at radius 2 is 1.78 bits per heavy atom. The van der Waals surface area contributed by atoms with Crippen LogP contribution in [0.3, 0.4) is 0 Å². The average Bonchev–Trinajstić information content (AvgIpc) is 3.28. The molecule has 4 rings (SSSR count). The highest BCUT2D eigenvalue weighted by Crippen LogP contribution is 2.46. The van der Waals surface area contributed by atoms with Gasteiger partial charge in [-0.15, -0.1) is 0 Å². The number of benzene rings is 2. The van der Waals surface area contributed by atoms with Crippen LogP contribution in [0.2, 0.25) is 0 Å². The first-order chi connectivity index (χ1) is 17.4. The van der Waals surface area contributed by atoms with Crippen LogP contribution < -0.4 is 14.8 Å². The number of aliphatic imine (C=N–C) groups is 1.